The zero-order valence-electron chi connectivity index (χ0n) is 15.9. The fraction of sp³-hybridized carbons (Fsp3) is 0.190. The van der Waals surface area contributed by atoms with Crippen LogP contribution in [0.1, 0.15) is 17.1 Å². The Morgan fingerprint density at radius 3 is 2.57 bits per heavy atom. The SMILES string of the molecule is CN=C(NCc1oc2ccccc2c1C)NCc1nncn1-c1ccccc1. The van der Waals surface area contributed by atoms with Crippen molar-refractivity contribution in [1.82, 2.24) is 25.4 Å². The van der Waals surface area contributed by atoms with Gasteiger partial charge in [0.25, 0.3) is 0 Å². The second-order valence-corrected chi connectivity index (χ2v) is 6.38. The smallest absolute Gasteiger partial charge is 0.191 e. The Hall–Kier alpha value is -3.61. The van der Waals surface area contributed by atoms with Gasteiger partial charge in [0, 0.05) is 23.7 Å². The average Bonchev–Trinajstić information content (AvgIpc) is 3.34. The molecule has 2 aromatic heterocycles. The standard InChI is InChI=1S/C21H22N6O/c1-15-17-10-6-7-11-18(17)28-19(15)12-23-21(22-2)24-13-20-26-25-14-27(20)16-8-4-3-5-9-16/h3-11,14H,12-13H2,1-2H3,(H2,22,23,24). The topological polar surface area (TPSA) is 80.3 Å². The van der Waals surface area contributed by atoms with E-state index in [0.717, 1.165) is 33.8 Å². The minimum atomic E-state index is 0.494. The predicted octanol–water partition coefficient (Wildman–Crippen LogP) is 3.19. The van der Waals surface area contributed by atoms with Crippen molar-refractivity contribution in [1.29, 1.82) is 0 Å². The van der Waals surface area contributed by atoms with Gasteiger partial charge in [0.05, 0.1) is 13.1 Å². The minimum Gasteiger partial charge on any atom is -0.459 e. The van der Waals surface area contributed by atoms with Crippen molar-refractivity contribution in [2.24, 2.45) is 4.99 Å². The number of guanidine groups is 1. The van der Waals surface area contributed by atoms with Crippen LogP contribution in [-0.4, -0.2) is 27.8 Å². The summed E-state index contributed by atoms with van der Waals surface area (Å²) in [6.45, 7) is 3.11. The van der Waals surface area contributed by atoms with Crippen molar-refractivity contribution in [3.63, 3.8) is 0 Å². The fourth-order valence-electron chi connectivity index (χ4n) is 3.12. The van der Waals surface area contributed by atoms with Crippen LogP contribution in [0.25, 0.3) is 16.7 Å². The zero-order valence-corrected chi connectivity index (χ0v) is 15.9. The zero-order chi connectivity index (χ0) is 19.3. The van der Waals surface area contributed by atoms with Crippen molar-refractivity contribution >= 4 is 16.9 Å². The van der Waals surface area contributed by atoms with Gasteiger partial charge in [-0.05, 0) is 25.1 Å². The largest absolute Gasteiger partial charge is 0.459 e. The number of nitrogens with zero attached hydrogens (tertiary/aromatic N) is 4. The molecule has 7 nitrogen and oxygen atoms in total. The van der Waals surface area contributed by atoms with Crippen LogP contribution in [0.4, 0.5) is 0 Å². The molecule has 0 aliphatic heterocycles. The molecule has 0 radical (unpaired) electrons. The molecule has 4 rings (SSSR count). The molecule has 142 valence electrons. The second-order valence-electron chi connectivity index (χ2n) is 6.38. The summed E-state index contributed by atoms with van der Waals surface area (Å²) in [5.74, 6) is 2.37. The molecule has 2 N–H and O–H groups in total. The summed E-state index contributed by atoms with van der Waals surface area (Å²) in [6, 6.07) is 18.0. The molecule has 0 unspecified atom stereocenters. The molecule has 0 bridgehead atoms. The van der Waals surface area contributed by atoms with Gasteiger partial charge in [0.15, 0.2) is 11.8 Å². The maximum atomic E-state index is 5.95. The van der Waals surface area contributed by atoms with Gasteiger partial charge in [-0.2, -0.15) is 0 Å². The van der Waals surface area contributed by atoms with E-state index in [0.29, 0.717) is 19.0 Å². The van der Waals surface area contributed by atoms with Gasteiger partial charge >= 0.3 is 0 Å². The number of aryl methyl sites for hydroxylation is 1. The van der Waals surface area contributed by atoms with Crippen LogP contribution in [-0.2, 0) is 13.1 Å². The summed E-state index contributed by atoms with van der Waals surface area (Å²) < 4.78 is 7.90. The van der Waals surface area contributed by atoms with E-state index in [4.69, 9.17) is 4.42 Å². The van der Waals surface area contributed by atoms with Gasteiger partial charge in [-0.1, -0.05) is 36.4 Å². The van der Waals surface area contributed by atoms with E-state index in [1.165, 1.54) is 0 Å². The highest BCUT2D eigenvalue weighted by Gasteiger charge is 2.11. The molecule has 0 saturated heterocycles. The Balaban J connectivity index is 1.41. The monoisotopic (exact) mass is 374 g/mol. The van der Waals surface area contributed by atoms with Gasteiger partial charge in [-0.25, -0.2) is 0 Å². The van der Waals surface area contributed by atoms with Gasteiger partial charge in [0.2, 0.25) is 0 Å². The van der Waals surface area contributed by atoms with Gasteiger partial charge in [0.1, 0.15) is 17.7 Å². The third kappa shape index (κ3) is 3.59. The Labute approximate surface area is 163 Å². The normalized spacial score (nSPS) is 11.7. The van der Waals surface area contributed by atoms with Crippen LogP contribution in [0.5, 0.6) is 0 Å². The van der Waals surface area contributed by atoms with E-state index in [9.17, 15) is 0 Å². The van der Waals surface area contributed by atoms with Gasteiger partial charge < -0.3 is 15.1 Å². The highest BCUT2D eigenvalue weighted by molar-refractivity contribution is 5.82. The first-order chi connectivity index (χ1) is 13.8. The highest BCUT2D eigenvalue weighted by Crippen LogP contribution is 2.24. The fourth-order valence-corrected chi connectivity index (χ4v) is 3.12. The number of furan rings is 1. The molecule has 2 aromatic carbocycles. The Morgan fingerprint density at radius 1 is 1.04 bits per heavy atom. The quantitative estimate of drug-likeness (QED) is 0.414. The first-order valence-corrected chi connectivity index (χ1v) is 9.12. The number of hydrogen-bond donors (Lipinski definition) is 2. The van der Waals surface area contributed by atoms with Crippen molar-refractivity contribution in [2.75, 3.05) is 7.05 Å². The summed E-state index contributed by atoms with van der Waals surface area (Å²) in [7, 11) is 1.74. The number of benzene rings is 2. The highest BCUT2D eigenvalue weighted by atomic mass is 16.3. The predicted molar refractivity (Wildman–Crippen MR) is 109 cm³/mol. The Morgan fingerprint density at radius 2 is 1.79 bits per heavy atom. The first kappa shape index (κ1) is 17.8. The molecule has 0 saturated carbocycles. The number of hydrogen-bond acceptors (Lipinski definition) is 4. The van der Waals surface area contributed by atoms with E-state index in [2.05, 4.69) is 38.8 Å². The number of aromatic nitrogens is 3. The lowest BCUT2D eigenvalue weighted by molar-refractivity contribution is 0.534. The van der Waals surface area contributed by atoms with Crippen LogP contribution in [0.3, 0.4) is 0 Å². The number of fused-ring (bicyclic) bond motifs is 1. The second kappa shape index (κ2) is 7.96. The average molecular weight is 374 g/mol. The summed E-state index contributed by atoms with van der Waals surface area (Å²) in [4.78, 5) is 4.28. The van der Waals surface area contributed by atoms with Crippen molar-refractivity contribution in [3.05, 3.63) is 78.1 Å². The van der Waals surface area contributed by atoms with E-state index in [1.807, 2.05) is 53.1 Å². The lowest BCUT2D eigenvalue weighted by Crippen LogP contribution is -2.37. The molecule has 28 heavy (non-hydrogen) atoms. The van der Waals surface area contributed by atoms with Gasteiger partial charge in [-0.3, -0.25) is 9.56 Å². The molecule has 7 heteroatoms. The molecule has 0 amide bonds. The third-order valence-electron chi connectivity index (χ3n) is 4.65. The molecule has 0 spiro atoms. The van der Waals surface area contributed by atoms with E-state index < -0.39 is 0 Å². The van der Waals surface area contributed by atoms with Gasteiger partial charge in [-0.15, -0.1) is 10.2 Å². The lowest BCUT2D eigenvalue weighted by Gasteiger charge is -2.12. The van der Waals surface area contributed by atoms with Crippen molar-refractivity contribution in [3.8, 4) is 5.69 Å². The van der Waals surface area contributed by atoms with E-state index in [1.54, 1.807) is 13.4 Å². The first-order valence-electron chi connectivity index (χ1n) is 9.12. The summed E-state index contributed by atoms with van der Waals surface area (Å²) >= 11 is 0. The van der Waals surface area contributed by atoms with Crippen LogP contribution < -0.4 is 10.6 Å². The number of para-hydroxylation sites is 2. The Kier molecular flexibility index (Phi) is 5.05. The molecule has 0 fully saturated rings. The maximum absolute atomic E-state index is 5.95. The summed E-state index contributed by atoms with van der Waals surface area (Å²) in [6.07, 6.45) is 1.71. The molecule has 0 atom stereocenters. The molecule has 4 aromatic rings. The van der Waals surface area contributed by atoms with E-state index >= 15 is 0 Å². The third-order valence-corrected chi connectivity index (χ3v) is 4.65. The molecule has 0 aliphatic rings. The lowest BCUT2D eigenvalue weighted by atomic mass is 10.1. The molecule has 0 aliphatic carbocycles. The maximum Gasteiger partial charge on any atom is 0.191 e. The van der Waals surface area contributed by atoms with Crippen LogP contribution in [0.15, 0.2) is 70.3 Å². The summed E-state index contributed by atoms with van der Waals surface area (Å²) in [5, 5.41) is 16.0. The molecular formula is C21H22N6O. The van der Waals surface area contributed by atoms with Crippen LogP contribution >= 0.6 is 0 Å². The number of rotatable bonds is 5. The number of aliphatic imine (C=N–C) groups is 1. The van der Waals surface area contributed by atoms with Crippen LogP contribution in [0, 0.1) is 6.92 Å². The minimum absolute atomic E-state index is 0.494. The number of nitrogens with one attached hydrogen (secondary N) is 2. The van der Waals surface area contributed by atoms with Crippen molar-refractivity contribution < 1.29 is 4.42 Å². The van der Waals surface area contributed by atoms with Crippen molar-refractivity contribution in [2.45, 2.75) is 20.0 Å². The molecule has 2 heterocycles. The Bertz CT molecular complexity index is 1100. The van der Waals surface area contributed by atoms with Crippen LogP contribution in [0.2, 0.25) is 0 Å². The molecular weight excluding hydrogens is 352 g/mol. The van der Waals surface area contributed by atoms with E-state index in [-0.39, 0.29) is 0 Å². The summed E-state index contributed by atoms with van der Waals surface area (Å²) in [5.41, 5.74) is 3.06.